The molecule has 284 valence electrons. The maximum Gasteiger partial charge on any atom is 0.416 e. The van der Waals surface area contributed by atoms with E-state index >= 15 is 0 Å². The second-order valence-corrected chi connectivity index (χ2v) is 13.2. The van der Waals surface area contributed by atoms with Crippen molar-refractivity contribution in [1.29, 1.82) is 0 Å². The maximum atomic E-state index is 13.8. The first-order chi connectivity index (χ1) is 24.2. The van der Waals surface area contributed by atoms with E-state index < -0.39 is 59.1 Å². The Bertz CT molecular complexity index is 1730. The molecular formula is C35H41F6N5O6. The molecule has 0 fully saturated rings. The highest BCUT2D eigenvalue weighted by atomic mass is 19.4. The van der Waals surface area contributed by atoms with Crippen LogP contribution in [0.4, 0.5) is 36.8 Å². The van der Waals surface area contributed by atoms with Gasteiger partial charge in [0.2, 0.25) is 5.88 Å². The predicted octanol–water partition coefficient (Wildman–Crippen LogP) is 7.32. The van der Waals surface area contributed by atoms with E-state index in [0.29, 0.717) is 12.1 Å². The number of carbonyl (C=O) groups is 2. The molecule has 11 nitrogen and oxygen atoms in total. The molecule has 2 N–H and O–H groups in total. The molecule has 4 rings (SSSR count). The number of rotatable bonds is 11. The highest BCUT2D eigenvalue weighted by molar-refractivity contribution is 5.91. The summed E-state index contributed by atoms with van der Waals surface area (Å²) in [5.41, 5.74) is 2.38. The van der Waals surface area contributed by atoms with Crippen molar-refractivity contribution in [2.45, 2.75) is 96.4 Å². The molecule has 0 spiro atoms. The minimum Gasteiger partial charge on any atom is -0.481 e. The van der Waals surface area contributed by atoms with Crippen molar-refractivity contribution in [3.63, 3.8) is 0 Å². The fourth-order valence-corrected chi connectivity index (χ4v) is 5.72. The Morgan fingerprint density at radius 1 is 1.00 bits per heavy atom. The number of hydrogen-bond donors (Lipinski definition) is 1. The number of fused-ring (bicyclic) bond motifs is 1. The van der Waals surface area contributed by atoms with Crippen molar-refractivity contribution in [3.05, 3.63) is 76.0 Å². The molecule has 0 saturated carbocycles. The highest BCUT2D eigenvalue weighted by Gasteiger charge is 2.47. The summed E-state index contributed by atoms with van der Waals surface area (Å²) in [6.07, 6.45) is -9.83. The number of esters is 1. The Balaban J connectivity index is 1.82. The van der Waals surface area contributed by atoms with Crippen LogP contribution in [0, 0.1) is 0 Å². The topological polar surface area (TPSA) is 139 Å². The van der Waals surface area contributed by atoms with Crippen LogP contribution in [0.15, 0.2) is 36.5 Å². The highest BCUT2D eigenvalue weighted by Crippen LogP contribution is 2.45. The monoisotopic (exact) mass is 741 g/mol. The van der Waals surface area contributed by atoms with Gasteiger partial charge in [0.15, 0.2) is 0 Å². The molecule has 1 aliphatic heterocycles. The molecule has 17 heteroatoms. The van der Waals surface area contributed by atoms with Gasteiger partial charge in [-0.05, 0) is 70.4 Å². The minimum atomic E-state index is -5.06. The molecular weight excluding hydrogens is 700 g/mol. The number of benzene rings is 1. The maximum absolute atomic E-state index is 13.8. The zero-order valence-electron chi connectivity index (χ0n) is 29.6. The number of alkyl halides is 6. The Labute approximate surface area is 296 Å². The van der Waals surface area contributed by atoms with E-state index in [2.05, 4.69) is 15.0 Å². The lowest BCUT2D eigenvalue weighted by Crippen LogP contribution is -2.61. The third kappa shape index (κ3) is 9.67. The number of halogens is 6. The SMILES string of the molecule is CCOC(=O)N1c2ccc(OC)nc2[C@@H](c2ncc(COCCC(=O)OC(C)(C)C)c(Cc3cc(C(F)(F)F)cc(C(F)(F)F)c3)n2)C[C@@]1(N)CC. The van der Waals surface area contributed by atoms with Crippen molar-refractivity contribution in [2.24, 2.45) is 5.73 Å². The van der Waals surface area contributed by atoms with E-state index in [-0.39, 0.29) is 85.1 Å². The van der Waals surface area contributed by atoms with Gasteiger partial charge in [0, 0.05) is 24.2 Å². The van der Waals surface area contributed by atoms with Crippen molar-refractivity contribution in [1.82, 2.24) is 15.0 Å². The van der Waals surface area contributed by atoms with Gasteiger partial charge in [-0.2, -0.15) is 26.3 Å². The summed E-state index contributed by atoms with van der Waals surface area (Å²) in [5, 5.41) is 0. The Morgan fingerprint density at radius 2 is 1.65 bits per heavy atom. The second kappa shape index (κ2) is 15.6. The van der Waals surface area contributed by atoms with Crippen LogP contribution in [0.3, 0.4) is 0 Å². The number of carbonyl (C=O) groups excluding carboxylic acids is 2. The number of anilines is 1. The van der Waals surface area contributed by atoms with Crippen LogP contribution >= 0.6 is 0 Å². The van der Waals surface area contributed by atoms with Crippen molar-refractivity contribution in [3.8, 4) is 5.88 Å². The summed E-state index contributed by atoms with van der Waals surface area (Å²) in [5.74, 6) is -1.06. The first-order valence-electron chi connectivity index (χ1n) is 16.4. The molecule has 0 radical (unpaired) electrons. The van der Waals surface area contributed by atoms with Crippen LogP contribution in [0.5, 0.6) is 5.88 Å². The molecule has 1 aliphatic rings. The van der Waals surface area contributed by atoms with Crippen LogP contribution in [0.1, 0.15) is 99.3 Å². The normalized spacial score (nSPS) is 17.8. The van der Waals surface area contributed by atoms with Crippen molar-refractivity contribution >= 4 is 17.7 Å². The van der Waals surface area contributed by atoms with Crippen LogP contribution in [-0.2, 0) is 44.4 Å². The lowest BCUT2D eigenvalue weighted by Gasteiger charge is -2.46. The number of ether oxygens (including phenoxy) is 4. The molecule has 3 heterocycles. The summed E-state index contributed by atoms with van der Waals surface area (Å²) in [7, 11) is 1.39. The molecule has 3 aromatic rings. The molecule has 0 saturated heterocycles. The molecule has 52 heavy (non-hydrogen) atoms. The number of pyridine rings is 1. The van der Waals surface area contributed by atoms with Crippen LogP contribution < -0.4 is 15.4 Å². The molecule has 1 aromatic carbocycles. The van der Waals surface area contributed by atoms with Crippen molar-refractivity contribution < 1.29 is 54.9 Å². The second-order valence-electron chi connectivity index (χ2n) is 13.2. The van der Waals surface area contributed by atoms with Gasteiger partial charge in [-0.1, -0.05) is 6.92 Å². The Hall–Kier alpha value is -4.51. The Kier molecular flexibility index (Phi) is 12.1. The van der Waals surface area contributed by atoms with Gasteiger partial charge < -0.3 is 24.7 Å². The van der Waals surface area contributed by atoms with E-state index in [1.165, 1.54) is 24.3 Å². The van der Waals surface area contributed by atoms with E-state index in [9.17, 15) is 35.9 Å². The summed E-state index contributed by atoms with van der Waals surface area (Å²) in [6, 6.07) is 4.42. The molecule has 0 aliphatic carbocycles. The number of hydrogen-bond acceptors (Lipinski definition) is 10. The summed E-state index contributed by atoms with van der Waals surface area (Å²) in [4.78, 5) is 40.5. The quantitative estimate of drug-likeness (QED) is 0.121. The van der Waals surface area contributed by atoms with Crippen LogP contribution in [0.2, 0.25) is 0 Å². The van der Waals surface area contributed by atoms with Crippen LogP contribution in [-0.4, -0.2) is 58.6 Å². The summed E-state index contributed by atoms with van der Waals surface area (Å²) in [6.45, 7) is 8.25. The van der Waals surface area contributed by atoms with E-state index in [1.54, 1.807) is 40.7 Å². The lowest BCUT2D eigenvalue weighted by molar-refractivity contribution is -0.156. The zero-order valence-corrected chi connectivity index (χ0v) is 29.6. The molecule has 1 amide bonds. The van der Waals surface area contributed by atoms with Crippen molar-refractivity contribution in [2.75, 3.05) is 25.2 Å². The zero-order chi connectivity index (χ0) is 38.6. The minimum absolute atomic E-state index is 0.0163. The van der Waals surface area contributed by atoms with E-state index in [0.717, 1.165) is 0 Å². The summed E-state index contributed by atoms with van der Waals surface area (Å²) < 4.78 is 104. The molecule has 0 bridgehead atoms. The largest absolute Gasteiger partial charge is 0.481 e. The smallest absolute Gasteiger partial charge is 0.416 e. The first kappa shape index (κ1) is 40.3. The first-order valence-corrected chi connectivity index (χ1v) is 16.4. The fourth-order valence-electron chi connectivity index (χ4n) is 5.72. The van der Waals surface area contributed by atoms with Gasteiger partial charge >= 0.3 is 24.4 Å². The number of nitrogens with two attached hydrogens (primary N) is 1. The predicted molar refractivity (Wildman–Crippen MR) is 175 cm³/mol. The number of nitrogens with zero attached hydrogens (tertiary/aromatic N) is 4. The fraction of sp³-hybridized carbons (Fsp3) is 0.514. The number of amides is 1. The van der Waals surface area contributed by atoms with Gasteiger partial charge in [-0.15, -0.1) is 0 Å². The Morgan fingerprint density at radius 3 is 2.21 bits per heavy atom. The van der Waals surface area contributed by atoms with Gasteiger partial charge in [0.25, 0.3) is 0 Å². The lowest BCUT2D eigenvalue weighted by atomic mass is 9.83. The average Bonchev–Trinajstić information content (AvgIpc) is 3.05. The van der Waals surface area contributed by atoms with Gasteiger partial charge in [-0.25, -0.2) is 19.7 Å². The number of methoxy groups -OCH3 is 1. The standard InChI is InChI=1S/C35H41F6N5O6/c1-7-33(42)17-24(29-26(9-10-27(45-29)49-6)46(33)31(48)51-8-2)30-43-18-21(19-50-12-11-28(47)52-32(3,4)5)25(44-30)15-20-13-22(34(36,37)38)16-23(14-20)35(39,40)41/h9-10,13-14,16,18,24H,7-8,11-12,15,17,19,42H2,1-6H3/t24-,33+/m0/s1. The van der Waals surface area contributed by atoms with Gasteiger partial charge in [0.1, 0.15) is 17.1 Å². The third-order valence-electron chi connectivity index (χ3n) is 8.15. The van der Waals surface area contributed by atoms with E-state index in [1.807, 2.05) is 0 Å². The molecule has 2 aromatic heterocycles. The summed E-state index contributed by atoms with van der Waals surface area (Å²) >= 11 is 0. The van der Waals surface area contributed by atoms with E-state index in [4.69, 9.17) is 24.7 Å². The third-order valence-corrected chi connectivity index (χ3v) is 8.15. The van der Waals surface area contributed by atoms with Gasteiger partial charge in [-0.3, -0.25) is 9.69 Å². The number of aromatic nitrogens is 3. The van der Waals surface area contributed by atoms with Gasteiger partial charge in [0.05, 0.1) is 67.5 Å². The molecule has 0 unspecified atom stereocenters. The average molecular weight is 742 g/mol. The molecule has 2 atom stereocenters. The van der Waals surface area contributed by atoms with Crippen LogP contribution in [0.25, 0.3) is 0 Å².